The van der Waals surface area contributed by atoms with Crippen molar-refractivity contribution in [3.8, 4) is 5.75 Å². The maximum atomic E-state index is 13.0. The number of carbonyl (C=O) groups is 3. The first-order chi connectivity index (χ1) is 16.9. The molecule has 1 atom stereocenters. The average molecular weight is 494 g/mol. The van der Waals surface area contributed by atoms with Gasteiger partial charge in [0.15, 0.2) is 0 Å². The Balaban J connectivity index is 1.34. The van der Waals surface area contributed by atoms with E-state index in [1.807, 2.05) is 43.3 Å². The Labute approximate surface area is 207 Å². The van der Waals surface area contributed by atoms with E-state index in [2.05, 4.69) is 20.8 Å². The van der Waals surface area contributed by atoms with Crippen molar-refractivity contribution in [2.24, 2.45) is 5.92 Å². The lowest BCUT2D eigenvalue weighted by molar-refractivity contribution is -0.126. The van der Waals surface area contributed by atoms with Gasteiger partial charge in [0.2, 0.25) is 15.9 Å². The molecule has 10 heteroatoms. The second kappa shape index (κ2) is 11.1. The first-order valence-corrected chi connectivity index (χ1v) is 12.2. The Morgan fingerprint density at radius 2 is 1.83 bits per heavy atom. The summed E-state index contributed by atoms with van der Waals surface area (Å²) in [6, 6.07) is 14.9. The maximum Gasteiger partial charge on any atom is 0.286 e. The number of hydrogen-bond donors (Lipinski definition) is 2. The van der Waals surface area contributed by atoms with Crippen LogP contribution in [0.4, 0.5) is 5.69 Å². The molecule has 1 aliphatic heterocycles. The molecule has 0 aliphatic carbocycles. The fourth-order valence-electron chi connectivity index (χ4n) is 3.91. The summed E-state index contributed by atoms with van der Waals surface area (Å²) in [7, 11) is 1.59. The minimum atomic E-state index is -0.419. The predicted octanol–water partition coefficient (Wildman–Crippen LogP) is 3.28. The van der Waals surface area contributed by atoms with Crippen molar-refractivity contribution in [3.63, 3.8) is 0 Å². The summed E-state index contributed by atoms with van der Waals surface area (Å²) < 4.78 is 5.33. The Morgan fingerprint density at radius 3 is 2.60 bits per heavy atom. The van der Waals surface area contributed by atoms with Gasteiger partial charge in [-0.15, -0.1) is 10.2 Å². The molecule has 3 aromatic rings. The van der Waals surface area contributed by atoms with Gasteiger partial charge in [0.1, 0.15) is 5.75 Å². The van der Waals surface area contributed by atoms with Crippen LogP contribution in [0.25, 0.3) is 0 Å². The van der Waals surface area contributed by atoms with Gasteiger partial charge >= 0.3 is 0 Å². The van der Waals surface area contributed by atoms with Crippen LogP contribution in [0, 0.1) is 12.8 Å². The van der Waals surface area contributed by atoms with E-state index < -0.39 is 5.91 Å². The molecule has 2 N–H and O–H groups in total. The van der Waals surface area contributed by atoms with Crippen molar-refractivity contribution in [2.45, 2.75) is 26.3 Å². The molecule has 1 aromatic heterocycles. The highest BCUT2D eigenvalue weighted by Gasteiger charge is 2.31. The van der Waals surface area contributed by atoms with E-state index in [1.54, 1.807) is 24.1 Å². The molecular formula is C25H27N5O4S. The van der Waals surface area contributed by atoms with E-state index in [0.29, 0.717) is 43.9 Å². The Hall–Kier alpha value is -3.79. The van der Waals surface area contributed by atoms with E-state index in [1.165, 1.54) is 0 Å². The number of piperidine rings is 1. The molecule has 4 rings (SSSR count). The van der Waals surface area contributed by atoms with Crippen LogP contribution in [0.15, 0.2) is 48.5 Å². The maximum absolute atomic E-state index is 13.0. The summed E-state index contributed by atoms with van der Waals surface area (Å²) in [6.07, 6.45) is 1.40. The van der Waals surface area contributed by atoms with Crippen LogP contribution in [0.2, 0.25) is 0 Å². The van der Waals surface area contributed by atoms with Gasteiger partial charge in [0, 0.05) is 30.9 Å². The molecule has 9 nitrogen and oxygen atoms in total. The summed E-state index contributed by atoms with van der Waals surface area (Å²) in [5.74, 6) is -0.452. The summed E-state index contributed by atoms with van der Waals surface area (Å²) in [4.78, 5) is 39.9. The number of para-hydroxylation sites is 1. The van der Waals surface area contributed by atoms with Gasteiger partial charge in [-0.1, -0.05) is 47.2 Å². The Bertz CT molecular complexity index is 1210. The van der Waals surface area contributed by atoms with Gasteiger partial charge in [-0.2, -0.15) is 0 Å². The third-order valence-corrected chi connectivity index (χ3v) is 6.75. The number of likely N-dealkylation sites (tertiary alicyclic amines) is 1. The van der Waals surface area contributed by atoms with Crippen LogP contribution in [0.1, 0.15) is 43.6 Å². The lowest BCUT2D eigenvalue weighted by Crippen LogP contribution is -2.45. The van der Waals surface area contributed by atoms with Crippen LogP contribution >= 0.6 is 11.3 Å². The molecular weight excluding hydrogens is 466 g/mol. The van der Waals surface area contributed by atoms with Crippen LogP contribution in [-0.2, 0) is 11.3 Å². The fraction of sp³-hybridized carbons (Fsp3) is 0.320. The molecule has 1 aliphatic rings. The van der Waals surface area contributed by atoms with Crippen LogP contribution in [0.5, 0.6) is 5.75 Å². The zero-order valence-electron chi connectivity index (χ0n) is 19.6. The first kappa shape index (κ1) is 24.3. The van der Waals surface area contributed by atoms with Crippen LogP contribution < -0.4 is 15.4 Å². The highest BCUT2D eigenvalue weighted by atomic mass is 32.1. The molecule has 2 aromatic carbocycles. The van der Waals surface area contributed by atoms with Crippen molar-refractivity contribution in [1.82, 2.24) is 20.4 Å². The van der Waals surface area contributed by atoms with E-state index in [4.69, 9.17) is 4.74 Å². The number of amides is 3. The SMILES string of the molecule is COc1ccccc1CNC(=O)[C@@H]1CCCN(C(=O)c2nnc(C(=O)Nc3ccc(C)cc3)s2)C1. The molecule has 0 bridgehead atoms. The largest absolute Gasteiger partial charge is 0.496 e. The fourth-order valence-corrected chi connectivity index (χ4v) is 4.62. The number of ether oxygens (including phenoxy) is 1. The number of carbonyl (C=O) groups excluding carboxylic acids is 3. The summed E-state index contributed by atoms with van der Waals surface area (Å²) in [5.41, 5.74) is 2.61. The van der Waals surface area contributed by atoms with Gasteiger partial charge < -0.3 is 20.3 Å². The van der Waals surface area contributed by atoms with Gasteiger partial charge in [-0.25, -0.2) is 0 Å². The highest BCUT2D eigenvalue weighted by molar-refractivity contribution is 7.15. The van der Waals surface area contributed by atoms with E-state index >= 15 is 0 Å². The van der Waals surface area contributed by atoms with Crippen LogP contribution in [0.3, 0.4) is 0 Å². The third kappa shape index (κ3) is 6.02. The Morgan fingerprint density at radius 1 is 1.09 bits per heavy atom. The van der Waals surface area contributed by atoms with Gasteiger partial charge in [0.05, 0.1) is 13.0 Å². The molecule has 1 saturated heterocycles. The number of nitrogens with one attached hydrogen (secondary N) is 2. The highest BCUT2D eigenvalue weighted by Crippen LogP contribution is 2.22. The summed E-state index contributed by atoms with van der Waals surface area (Å²) in [6.45, 7) is 3.13. The standard InChI is InChI=1S/C25H27N5O4S/c1-16-9-11-19(12-10-16)27-22(32)23-28-29-24(35-23)25(33)30-13-5-7-18(15-30)21(31)26-14-17-6-3-4-8-20(17)34-2/h3-4,6,8-12,18H,5,7,13-15H2,1-2H3,(H,26,31)(H,27,32)/t18-/m1/s1. The summed E-state index contributed by atoms with van der Waals surface area (Å²) in [5, 5.41) is 13.8. The third-order valence-electron chi connectivity index (χ3n) is 5.84. The minimum absolute atomic E-state index is 0.108. The predicted molar refractivity (Wildman–Crippen MR) is 133 cm³/mol. The van der Waals surface area contributed by atoms with E-state index in [-0.39, 0.29) is 27.7 Å². The van der Waals surface area contributed by atoms with E-state index in [9.17, 15) is 14.4 Å². The normalized spacial score (nSPS) is 15.4. The van der Waals surface area contributed by atoms with Crippen molar-refractivity contribution in [3.05, 3.63) is 69.7 Å². The van der Waals surface area contributed by atoms with Crippen molar-refractivity contribution in [2.75, 3.05) is 25.5 Å². The van der Waals surface area contributed by atoms with Gasteiger partial charge in [-0.05, 0) is 38.0 Å². The molecule has 0 unspecified atom stereocenters. The Kier molecular flexibility index (Phi) is 7.71. The number of hydrogen-bond acceptors (Lipinski definition) is 7. The zero-order chi connectivity index (χ0) is 24.8. The molecule has 182 valence electrons. The monoisotopic (exact) mass is 493 g/mol. The van der Waals surface area contributed by atoms with Gasteiger partial charge in [0.25, 0.3) is 11.8 Å². The van der Waals surface area contributed by atoms with Crippen LogP contribution in [-0.4, -0.2) is 53.0 Å². The lowest BCUT2D eigenvalue weighted by Gasteiger charge is -2.31. The lowest BCUT2D eigenvalue weighted by atomic mass is 9.97. The number of aromatic nitrogens is 2. The quantitative estimate of drug-likeness (QED) is 0.522. The van der Waals surface area contributed by atoms with E-state index in [0.717, 1.165) is 22.5 Å². The average Bonchev–Trinajstić information content (AvgIpc) is 3.39. The topological polar surface area (TPSA) is 114 Å². The number of nitrogens with zero attached hydrogens (tertiary/aromatic N) is 3. The minimum Gasteiger partial charge on any atom is -0.496 e. The number of methoxy groups -OCH3 is 1. The number of rotatable bonds is 7. The van der Waals surface area contributed by atoms with Gasteiger partial charge in [-0.3, -0.25) is 14.4 Å². The smallest absolute Gasteiger partial charge is 0.286 e. The molecule has 3 amide bonds. The number of anilines is 1. The zero-order valence-corrected chi connectivity index (χ0v) is 20.4. The molecule has 2 heterocycles. The molecule has 35 heavy (non-hydrogen) atoms. The van der Waals surface area contributed by atoms with Crippen molar-refractivity contribution in [1.29, 1.82) is 0 Å². The second-order valence-corrected chi connectivity index (χ2v) is 9.33. The number of aryl methyl sites for hydroxylation is 1. The van der Waals surface area contributed by atoms with Crippen molar-refractivity contribution >= 4 is 34.7 Å². The first-order valence-electron chi connectivity index (χ1n) is 11.3. The molecule has 1 fully saturated rings. The number of benzene rings is 2. The molecule has 0 spiro atoms. The molecule has 0 saturated carbocycles. The summed E-state index contributed by atoms with van der Waals surface area (Å²) >= 11 is 0.946. The molecule has 0 radical (unpaired) electrons. The van der Waals surface area contributed by atoms with Crippen molar-refractivity contribution < 1.29 is 19.1 Å². The second-order valence-electron chi connectivity index (χ2n) is 8.35.